The molecule has 0 fully saturated rings. The highest BCUT2D eigenvalue weighted by atomic mass is 16.5. The molecule has 0 saturated carbocycles. The summed E-state index contributed by atoms with van der Waals surface area (Å²) in [7, 11) is 0. The second-order valence-corrected chi connectivity index (χ2v) is 6.16. The maximum Gasteiger partial charge on any atom is 0.259 e. The van der Waals surface area contributed by atoms with E-state index in [1.54, 1.807) is 6.07 Å². The fourth-order valence-corrected chi connectivity index (χ4v) is 2.51. The Morgan fingerprint density at radius 1 is 1.00 bits per heavy atom. The number of amides is 1. The Bertz CT molecular complexity index is 679. The first-order valence-electron chi connectivity index (χ1n) is 8.72. The average Bonchev–Trinajstić information content (AvgIpc) is 2.58. The first-order valence-corrected chi connectivity index (χ1v) is 8.72. The predicted molar refractivity (Wildman–Crippen MR) is 99.9 cm³/mol. The molecule has 0 aliphatic heterocycles. The van der Waals surface area contributed by atoms with Gasteiger partial charge in [0.1, 0.15) is 5.75 Å². The SMILES string of the molecule is CCCCCCOc1ccccc1C(=O)Nc1ccc(C)c(C)c1. The fraction of sp³-hybridized carbons (Fsp3) is 0.381. The number of rotatable bonds is 8. The van der Waals surface area contributed by atoms with E-state index in [9.17, 15) is 4.79 Å². The van der Waals surface area contributed by atoms with Crippen molar-refractivity contribution in [2.24, 2.45) is 0 Å². The fourth-order valence-electron chi connectivity index (χ4n) is 2.51. The van der Waals surface area contributed by atoms with Crippen molar-refractivity contribution in [3.8, 4) is 5.75 Å². The Kier molecular flexibility index (Phi) is 6.86. The number of ether oxygens (including phenoxy) is 1. The van der Waals surface area contributed by atoms with E-state index < -0.39 is 0 Å². The Morgan fingerprint density at radius 3 is 2.54 bits per heavy atom. The Hall–Kier alpha value is -2.29. The van der Waals surface area contributed by atoms with Gasteiger partial charge in [0.15, 0.2) is 0 Å². The molecule has 0 aromatic heterocycles. The van der Waals surface area contributed by atoms with Crippen LogP contribution in [0.1, 0.15) is 54.1 Å². The van der Waals surface area contributed by atoms with Gasteiger partial charge in [0.05, 0.1) is 12.2 Å². The molecule has 3 heteroatoms. The van der Waals surface area contributed by atoms with Crippen molar-refractivity contribution < 1.29 is 9.53 Å². The summed E-state index contributed by atoms with van der Waals surface area (Å²) in [5, 5.41) is 2.96. The molecule has 0 aliphatic rings. The molecule has 0 spiro atoms. The highest BCUT2D eigenvalue weighted by Crippen LogP contribution is 2.21. The molecule has 1 amide bonds. The molecule has 3 nitrogen and oxygen atoms in total. The third-order valence-corrected chi connectivity index (χ3v) is 4.15. The van der Waals surface area contributed by atoms with Gasteiger partial charge in [0.25, 0.3) is 5.91 Å². The number of benzene rings is 2. The van der Waals surface area contributed by atoms with Crippen LogP contribution in [0.2, 0.25) is 0 Å². The minimum atomic E-state index is -0.137. The number of unbranched alkanes of at least 4 members (excludes halogenated alkanes) is 3. The van der Waals surface area contributed by atoms with Crippen LogP contribution in [0.5, 0.6) is 5.75 Å². The number of carbonyl (C=O) groups excluding carboxylic acids is 1. The molecular formula is C21H27NO2. The number of carbonyl (C=O) groups is 1. The molecule has 2 aromatic rings. The minimum Gasteiger partial charge on any atom is -0.493 e. The van der Waals surface area contributed by atoms with E-state index in [4.69, 9.17) is 4.74 Å². The van der Waals surface area contributed by atoms with Crippen molar-refractivity contribution in [2.45, 2.75) is 46.5 Å². The van der Waals surface area contributed by atoms with E-state index in [-0.39, 0.29) is 5.91 Å². The standard InChI is InChI=1S/C21H27NO2/c1-4-5-6-9-14-24-20-11-8-7-10-19(20)21(23)22-18-13-12-16(2)17(3)15-18/h7-8,10-13,15H,4-6,9,14H2,1-3H3,(H,22,23). The lowest BCUT2D eigenvalue weighted by atomic mass is 10.1. The van der Waals surface area contributed by atoms with Crippen molar-refractivity contribution >= 4 is 11.6 Å². The highest BCUT2D eigenvalue weighted by Gasteiger charge is 2.12. The van der Waals surface area contributed by atoms with E-state index in [2.05, 4.69) is 19.2 Å². The molecular weight excluding hydrogens is 298 g/mol. The van der Waals surface area contributed by atoms with Crippen LogP contribution in [0, 0.1) is 13.8 Å². The summed E-state index contributed by atoms with van der Waals surface area (Å²) in [6.45, 7) is 6.93. The van der Waals surface area contributed by atoms with Gasteiger partial charge in [-0.15, -0.1) is 0 Å². The van der Waals surface area contributed by atoms with Gasteiger partial charge in [-0.2, -0.15) is 0 Å². The molecule has 128 valence electrons. The lowest BCUT2D eigenvalue weighted by molar-refractivity contribution is 0.102. The van der Waals surface area contributed by atoms with Crippen LogP contribution in [-0.2, 0) is 0 Å². The van der Waals surface area contributed by atoms with Crippen LogP contribution in [0.15, 0.2) is 42.5 Å². The van der Waals surface area contributed by atoms with Gasteiger partial charge in [-0.05, 0) is 55.7 Å². The van der Waals surface area contributed by atoms with Gasteiger partial charge in [-0.1, -0.05) is 44.4 Å². The van der Waals surface area contributed by atoms with Crippen LogP contribution in [0.3, 0.4) is 0 Å². The quantitative estimate of drug-likeness (QED) is 0.649. The van der Waals surface area contributed by atoms with Gasteiger partial charge >= 0.3 is 0 Å². The molecule has 2 rings (SSSR count). The van der Waals surface area contributed by atoms with Crippen LogP contribution in [0.25, 0.3) is 0 Å². The second kappa shape index (κ2) is 9.11. The lowest BCUT2D eigenvalue weighted by Gasteiger charge is -2.12. The zero-order valence-corrected chi connectivity index (χ0v) is 14.9. The second-order valence-electron chi connectivity index (χ2n) is 6.16. The molecule has 24 heavy (non-hydrogen) atoms. The predicted octanol–water partition coefficient (Wildman–Crippen LogP) is 5.51. The number of hydrogen-bond acceptors (Lipinski definition) is 2. The summed E-state index contributed by atoms with van der Waals surface area (Å²) in [5.41, 5.74) is 3.75. The molecule has 0 atom stereocenters. The Balaban J connectivity index is 2.02. The average molecular weight is 325 g/mol. The highest BCUT2D eigenvalue weighted by molar-refractivity contribution is 6.06. The van der Waals surface area contributed by atoms with E-state index in [0.717, 1.165) is 24.1 Å². The summed E-state index contributed by atoms with van der Waals surface area (Å²) >= 11 is 0. The Labute approximate surface area is 145 Å². The third-order valence-electron chi connectivity index (χ3n) is 4.15. The summed E-state index contributed by atoms with van der Waals surface area (Å²) in [5.74, 6) is 0.512. The first-order chi connectivity index (χ1) is 11.6. The number of para-hydroxylation sites is 1. The molecule has 0 heterocycles. The van der Waals surface area contributed by atoms with Crippen molar-refractivity contribution in [3.05, 3.63) is 59.2 Å². The monoisotopic (exact) mass is 325 g/mol. The van der Waals surface area contributed by atoms with E-state index in [1.165, 1.54) is 18.4 Å². The lowest BCUT2D eigenvalue weighted by Crippen LogP contribution is -2.14. The third kappa shape index (κ3) is 5.12. The topological polar surface area (TPSA) is 38.3 Å². The maximum absolute atomic E-state index is 12.6. The van der Waals surface area contributed by atoms with E-state index >= 15 is 0 Å². The van der Waals surface area contributed by atoms with E-state index in [0.29, 0.717) is 17.9 Å². The molecule has 1 N–H and O–H groups in total. The molecule has 0 aliphatic carbocycles. The van der Waals surface area contributed by atoms with Gasteiger partial charge in [-0.25, -0.2) is 0 Å². The Morgan fingerprint density at radius 2 is 1.79 bits per heavy atom. The smallest absolute Gasteiger partial charge is 0.259 e. The molecule has 0 saturated heterocycles. The zero-order chi connectivity index (χ0) is 17.4. The summed E-state index contributed by atoms with van der Waals surface area (Å²) < 4.78 is 5.82. The van der Waals surface area contributed by atoms with Crippen LogP contribution >= 0.6 is 0 Å². The maximum atomic E-state index is 12.6. The van der Waals surface area contributed by atoms with Gasteiger partial charge in [0.2, 0.25) is 0 Å². The van der Waals surface area contributed by atoms with Crippen LogP contribution in [-0.4, -0.2) is 12.5 Å². The summed E-state index contributed by atoms with van der Waals surface area (Å²) in [6.07, 6.45) is 4.60. The largest absolute Gasteiger partial charge is 0.493 e. The van der Waals surface area contributed by atoms with Gasteiger partial charge < -0.3 is 10.1 Å². The normalized spacial score (nSPS) is 10.5. The van der Waals surface area contributed by atoms with Crippen molar-refractivity contribution in [1.82, 2.24) is 0 Å². The van der Waals surface area contributed by atoms with Gasteiger partial charge in [-0.3, -0.25) is 4.79 Å². The molecule has 0 bridgehead atoms. The van der Waals surface area contributed by atoms with Crippen molar-refractivity contribution in [2.75, 3.05) is 11.9 Å². The van der Waals surface area contributed by atoms with Crippen molar-refractivity contribution in [3.63, 3.8) is 0 Å². The number of hydrogen-bond donors (Lipinski definition) is 1. The molecule has 0 radical (unpaired) electrons. The number of anilines is 1. The summed E-state index contributed by atoms with van der Waals surface area (Å²) in [6, 6.07) is 13.3. The van der Waals surface area contributed by atoms with Crippen LogP contribution < -0.4 is 10.1 Å². The van der Waals surface area contributed by atoms with Gasteiger partial charge in [0, 0.05) is 5.69 Å². The summed E-state index contributed by atoms with van der Waals surface area (Å²) in [4.78, 5) is 12.6. The van der Waals surface area contributed by atoms with Crippen molar-refractivity contribution in [1.29, 1.82) is 0 Å². The molecule has 2 aromatic carbocycles. The first kappa shape index (κ1) is 18.1. The van der Waals surface area contributed by atoms with E-state index in [1.807, 2.05) is 43.3 Å². The molecule has 0 unspecified atom stereocenters. The minimum absolute atomic E-state index is 0.137. The van der Waals surface area contributed by atoms with Crippen LogP contribution in [0.4, 0.5) is 5.69 Å². The number of aryl methyl sites for hydroxylation is 2. The zero-order valence-electron chi connectivity index (χ0n) is 14.9. The number of nitrogens with one attached hydrogen (secondary N) is 1.